The van der Waals surface area contributed by atoms with E-state index in [0.717, 1.165) is 12.0 Å². The van der Waals surface area contributed by atoms with E-state index in [2.05, 4.69) is 20.8 Å². The summed E-state index contributed by atoms with van der Waals surface area (Å²) in [6, 6.07) is 0. The predicted octanol–water partition coefficient (Wildman–Crippen LogP) is 4.05. The van der Waals surface area contributed by atoms with Crippen LogP contribution in [0.3, 0.4) is 0 Å². The van der Waals surface area contributed by atoms with E-state index in [4.69, 9.17) is 9.47 Å². The minimum absolute atomic E-state index is 0.0322. The molecule has 0 radical (unpaired) electrons. The summed E-state index contributed by atoms with van der Waals surface area (Å²) < 4.78 is 12.3. The van der Waals surface area contributed by atoms with Crippen molar-refractivity contribution < 1.29 is 34.1 Å². The van der Waals surface area contributed by atoms with Gasteiger partial charge in [-0.1, -0.05) is 39.3 Å². The molecule has 8 atom stereocenters. The summed E-state index contributed by atoms with van der Waals surface area (Å²) >= 11 is 0. The minimum atomic E-state index is -1.71. The molecule has 0 aromatic carbocycles. The SMILES string of the molecule is CC(=O)O[C@H]1C[C@H]2[C@@H](CCC3=CC(=O)C=C[C@@]32C)[C@]2(CC[C@@](O)([C@@H](C)C(=O)CCC(C)C)O2)[C@@]1(C)O. The molecular weight excluding hydrogens is 460 g/mol. The largest absolute Gasteiger partial charge is 0.459 e. The summed E-state index contributed by atoms with van der Waals surface area (Å²) in [6.07, 6.45) is 7.79. The topological polar surface area (TPSA) is 110 Å². The van der Waals surface area contributed by atoms with Crippen LogP contribution in [0.4, 0.5) is 0 Å². The van der Waals surface area contributed by atoms with Crippen molar-refractivity contribution in [3.05, 3.63) is 23.8 Å². The Kier molecular flexibility index (Phi) is 6.93. The van der Waals surface area contributed by atoms with E-state index < -0.39 is 40.4 Å². The van der Waals surface area contributed by atoms with Crippen molar-refractivity contribution in [1.82, 2.24) is 0 Å². The van der Waals surface area contributed by atoms with Gasteiger partial charge in [0.25, 0.3) is 0 Å². The highest BCUT2D eigenvalue weighted by atomic mass is 16.7. The average molecular weight is 503 g/mol. The number of carbonyl (C=O) groups excluding carboxylic acids is 3. The summed E-state index contributed by atoms with van der Waals surface area (Å²) in [5, 5.41) is 23.7. The van der Waals surface area contributed by atoms with Gasteiger partial charge in [0.15, 0.2) is 11.6 Å². The fourth-order valence-electron chi connectivity index (χ4n) is 7.41. The first-order valence-corrected chi connectivity index (χ1v) is 13.5. The van der Waals surface area contributed by atoms with Crippen molar-refractivity contribution in [3.63, 3.8) is 0 Å². The molecule has 7 heteroatoms. The molecule has 4 rings (SSSR count). The molecule has 1 aliphatic heterocycles. The van der Waals surface area contributed by atoms with E-state index in [1.165, 1.54) is 6.92 Å². The van der Waals surface area contributed by atoms with Gasteiger partial charge in [-0.05, 0) is 68.9 Å². The summed E-state index contributed by atoms with van der Waals surface area (Å²) in [6.45, 7) is 10.9. The molecule has 1 heterocycles. The monoisotopic (exact) mass is 502 g/mol. The smallest absolute Gasteiger partial charge is 0.303 e. The van der Waals surface area contributed by atoms with Gasteiger partial charge in [-0.2, -0.15) is 0 Å². The Hall–Kier alpha value is -1.83. The first-order valence-electron chi connectivity index (χ1n) is 13.5. The van der Waals surface area contributed by atoms with Crippen LogP contribution < -0.4 is 0 Å². The second kappa shape index (κ2) is 9.17. The van der Waals surface area contributed by atoms with Crippen LogP contribution in [0.5, 0.6) is 0 Å². The third-order valence-corrected chi connectivity index (χ3v) is 9.78. The Morgan fingerprint density at radius 1 is 1.17 bits per heavy atom. The maximum absolute atomic E-state index is 13.0. The van der Waals surface area contributed by atoms with Gasteiger partial charge in [0.2, 0.25) is 0 Å². The average Bonchev–Trinajstić information content (AvgIpc) is 3.16. The standard InChI is InChI=1S/C29H42O7/c1-17(2)7-10-24(32)18(3)29(34)14-13-28(36-29)22-9-8-20-15-21(31)11-12-26(20,5)23(22)16-25(27(28,6)33)35-19(4)30/h11-12,15,17-18,22-23,25,33-34H,7-10,13-14,16H2,1-6H3/t18-,22+,23-,25-,26-,27-,28+,29-/m0/s1. The summed E-state index contributed by atoms with van der Waals surface area (Å²) in [7, 11) is 0. The van der Waals surface area contributed by atoms with Crippen molar-refractivity contribution in [2.75, 3.05) is 0 Å². The van der Waals surface area contributed by atoms with E-state index >= 15 is 0 Å². The number of aliphatic hydroxyl groups is 2. The molecule has 0 aromatic heterocycles. The molecule has 3 aliphatic carbocycles. The van der Waals surface area contributed by atoms with Crippen molar-refractivity contribution in [3.8, 4) is 0 Å². The number of hydrogen-bond acceptors (Lipinski definition) is 7. The molecule has 7 nitrogen and oxygen atoms in total. The Balaban J connectivity index is 1.73. The molecule has 4 aliphatic rings. The van der Waals surface area contributed by atoms with Gasteiger partial charge in [0, 0.05) is 25.2 Å². The third kappa shape index (κ3) is 4.21. The molecule has 2 N–H and O–H groups in total. The number of fused-ring (bicyclic) bond motifs is 4. The van der Waals surface area contributed by atoms with E-state index in [0.29, 0.717) is 38.0 Å². The number of allylic oxidation sites excluding steroid dienone is 4. The Morgan fingerprint density at radius 3 is 2.50 bits per heavy atom. The van der Waals surface area contributed by atoms with Gasteiger partial charge >= 0.3 is 5.97 Å². The van der Waals surface area contributed by atoms with Gasteiger partial charge < -0.3 is 19.7 Å². The maximum Gasteiger partial charge on any atom is 0.303 e. The molecule has 0 aromatic rings. The van der Waals surface area contributed by atoms with Crippen molar-refractivity contribution >= 4 is 17.5 Å². The molecular formula is C29H42O7. The van der Waals surface area contributed by atoms with E-state index in [-0.39, 0.29) is 29.8 Å². The number of esters is 1. The van der Waals surface area contributed by atoms with Crippen LogP contribution >= 0.6 is 0 Å². The molecule has 1 spiro atoms. The number of rotatable bonds is 6. The second-order valence-corrected chi connectivity index (χ2v) is 12.4. The highest BCUT2D eigenvalue weighted by Gasteiger charge is 2.71. The zero-order chi connectivity index (χ0) is 26.7. The number of ether oxygens (including phenoxy) is 2. The van der Waals surface area contributed by atoms with Crippen molar-refractivity contribution in [1.29, 1.82) is 0 Å². The minimum Gasteiger partial charge on any atom is -0.459 e. The Morgan fingerprint density at radius 2 is 1.86 bits per heavy atom. The molecule has 0 amide bonds. The van der Waals surface area contributed by atoms with Gasteiger partial charge in [-0.25, -0.2) is 0 Å². The summed E-state index contributed by atoms with van der Waals surface area (Å²) in [5.41, 5.74) is -2.19. The molecule has 0 unspecified atom stereocenters. The molecule has 1 saturated heterocycles. The van der Waals surface area contributed by atoms with Gasteiger partial charge in [-0.3, -0.25) is 14.4 Å². The summed E-state index contributed by atoms with van der Waals surface area (Å²) in [5.74, 6) is -2.91. The van der Waals surface area contributed by atoms with Crippen LogP contribution in [-0.2, 0) is 23.9 Å². The lowest BCUT2D eigenvalue weighted by atomic mass is 9.47. The van der Waals surface area contributed by atoms with Crippen LogP contribution in [0.15, 0.2) is 23.8 Å². The zero-order valence-corrected chi connectivity index (χ0v) is 22.5. The third-order valence-electron chi connectivity index (χ3n) is 9.78. The molecule has 0 bridgehead atoms. The van der Waals surface area contributed by atoms with Gasteiger partial charge in [0.05, 0.1) is 5.92 Å². The van der Waals surface area contributed by atoms with E-state index in [9.17, 15) is 24.6 Å². The Labute approximate surface area is 214 Å². The van der Waals surface area contributed by atoms with Crippen LogP contribution in [0.25, 0.3) is 0 Å². The van der Waals surface area contributed by atoms with Crippen LogP contribution in [-0.4, -0.2) is 50.8 Å². The number of ketones is 2. The highest BCUT2D eigenvalue weighted by molar-refractivity contribution is 6.01. The second-order valence-electron chi connectivity index (χ2n) is 12.4. The van der Waals surface area contributed by atoms with Crippen molar-refractivity contribution in [2.24, 2.45) is 29.1 Å². The normalized spacial score (nSPS) is 42.6. The van der Waals surface area contributed by atoms with Gasteiger partial charge in [0.1, 0.15) is 23.1 Å². The van der Waals surface area contributed by atoms with Gasteiger partial charge in [-0.15, -0.1) is 0 Å². The molecule has 36 heavy (non-hydrogen) atoms. The van der Waals surface area contributed by atoms with Crippen molar-refractivity contribution in [2.45, 2.75) is 110 Å². The lowest BCUT2D eigenvalue weighted by Crippen LogP contribution is -2.71. The van der Waals surface area contributed by atoms with E-state index in [1.807, 2.05) is 6.08 Å². The lowest BCUT2D eigenvalue weighted by Gasteiger charge is -2.62. The first kappa shape index (κ1) is 27.2. The van der Waals surface area contributed by atoms with E-state index in [1.54, 1.807) is 26.0 Å². The fraction of sp³-hybridized carbons (Fsp3) is 0.759. The molecule has 2 saturated carbocycles. The van der Waals surface area contributed by atoms with Crippen LogP contribution in [0.1, 0.15) is 86.5 Å². The first-order chi connectivity index (χ1) is 16.7. The molecule has 200 valence electrons. The fourth-order valence-corrected chi connectivity index (χ4v) is 7.41. The zero-order valence-electron chi connectivity index (χ0n) is 22.5. The number of carbonyl (C=O) groups is 3. The molecule has 3 fully saturated rings. The predicted molar refractivity (Wildman–Crippen MR) is 134 cm³/mol. The lowest BCUT2D eigenvalue weighted by molar-refractivity contribution is -0.332. The maximum atomic E-state index is 13.0. The number of Topliss-reactive ketones (excluding diaryl/α,β-unsaturated/α-hetero) is 1. The quantitative estimate of drug-likeness (QED) is 0.527. The van der Waals surface area contributed by atoms with Crippen LogP contribution in [0.2, 0.25) is 0 Å². The highest BCUT2D eigenvalue weighted by Crippen LogP contribution is 2.65. The Bertz CT molecular complexity index is 994. The number of hydrogen-bond donors (Lipinski definition) is 2. The summed E-state index contributed by atoms with van der Waals surface area (Å²) in [4.78, 5) is 37.2. The van der Waals surface area contributed by atoms with Crippen LogP contribution in [0, 0.1) is 29.1 Å².